The standard InChI is InChI=1S/C19H13FN2O5/c20-12-4-6-13(7-5-12)21-16-10-27-19(24)18(16)15(9-17(21)23)11-2-1-3-14(8-11)22(25)26/h1-8,15H,9-10H2/t15-/m1/s1. The predicted octanol–water partition coefficient (Wildman–Crippen LogP) is 3.07. The highest BCUT2D eigenvalue weighted by molar-refractivity contribution is 6.06. The molecule has 2 aliphatic rings. The number of halogens is 1. The summed E-state index contributed by atoms with van der Waals surface area (Å²) in [7, 11) is 0. The summed E-state index contributed by atoms with van der Waals surface area (Å²) >= 11 is 0. The Kier molecular flexibility index (Phi) is 3.95. The lowest BCUT2D eigenvalue weighted by atomic mass is 9.84. The fraction of sp³-hybridized carbons (Fsp3) is 0.158. The number of ether oxygens (including phenoxy) is 1. The molecule has 2 heterocycles. The van der Waals surface area contributed by atoms with Crippen molar-refractivity contribution < 1.29 is 23.6 Å². The van der Waals surface area contributed by atoms with Crippen molar-refractivity contribution in [3.63, 3.8) is 0 Å². The van der Waals surface area contributed by atoms with Crippen molar-refractivity contribution in [3.05, 3.63) is 81.3 Å². The molecular formula is C19H13FN2O5. The molecule has 2 aromatic carbocycles. The van der Waals surface area contributed by atoms with E-state index >= 15 is 0 Å². The van der Waals surface area contributed by atoms with Gasteiger partial charge in [-0.3, -0.25) is 19.8 Å². The number of carbonyl (C=O) groups is 2. The van der Waals surface area contributed by atoms with Crippen LogP contribution in [0.25, 0.3) is 0 Å². The van der Waals surface area contributed by atoms with Crippen LogP contribution in [0.4, 0.5) is 15.8 Å². The van der Waals surface area contributed by atoms with Crippen LogP contribution in [0.2, 0.25) is 0 Å². The van der Waals surface area contributed by atoms with Crippen LogP contribution < -0.4 is 4.90 Å². The molecule has 27 heavy (non-hydrogen) atoms. The Bertz CT molecular complexity index is 999. The number of carbonyl (C=O) groups excluding carboxylic acids is 2. The second-order valence-electron chi connectivity index (χ2n) is 6.25. The number of non-ortho nitro benzene ring substituents is 1. The molecule has 0 aromatic heterocycles. The first-order valence-corrected chi connectivity index (χ1v) is 8.19. The van der Waals surface area contributed by atoms with Crippen LogP contribution in [-0.4, -0.2) is 23.4 Å². The molecule has 8 heteroatoms. The molecular weight excluding hydrogens is 355 g/mol. The number of anilines is 1. The quantitative estimate of drug-likeness (QED) is 0.472. The van der Waals surface area contributed by atoms with Gasteiger partial charge in [-0.1, -0.05) is 12.1 Å². The van der Waals surface area contributed by atoms with Crippen LogP contribution in [0.1, 0.15) is 17.9 Å². The third-order valence-electron chi connectivity index (χ3n) is 4.69. The zero-order valence-electron chi connectivity index (χ0n) is 13.9. The van der Waals surface area contributed by atoms with Gasteiger partial charge in [0.1, 0.15) is 12.4 Å². The molecule has 0 saturated heterocycles. The van der Waals surface area contributed by atoms with Crippen molar-refractivity contribution in [1.82, 2.24) is 0 Å². The number of esters is 1. The Hall–Kier alpha value is -3.55. The summed E-state index contributed by atoms with van der Waals surface area (Å²) in [6.07, 6.45) is -0.0491. The zero-order chi connectivity index (χ0) is 19.1. The van der Waals surface area contributed by atoms with Crippen molar-refractivity contribution in [2.75, 3.05) is 11.5 Å². The molecule has 0 unspecified atom stereocenters. The molecule has 0 N–H and O–H groups in total. The third kappa shape index (κ3) is 2.84. The lowest BCUT2D eigenvalue weighted by Gasteiger charge is -2.31. The van der Waals surface area contributed by atoms with E-state index in [0.29, 0.717) is 22.5 Å². The van der Waals surface area contributed by atoms with Gasteiger partial charge in [0.05, 0.1) is 16.2 Å². The first-order chi connectivity index (χ1) is 13.0. The number of nitrogens with zero attached hydrogens (tertiary/aromatic N) is 2. The summed E-state index contributed by atoms with van der Waals surface area (Å²) in [5, 5.41) is 11.1. The van der Waals surface area contributed by atoms with Crippen LogP contribution in [0, 0.1) is 15.9 Å². The third-order valence-corrected chi connectivity index (χ3v) is 4.69. The maximum Gasteiger partial charge on any atom is 0.336 e. The Morgan fingerprint density at radius 3 is 2.59 bits per heavy atom. The number of benzene rings is 2. The minimum atomic E-state index is -0.626. The van der Waals surface area contributed by atoms with Gasteiger partial charge in [-0.2, -0.15) is 0 Å². The highest BCUT2D eigenvalue weighted by atomic mass is 19.1. The number of cyclic esters (lactones) is 1. The molecule has 1 amide bonds. The lowest BCUT2D eigenvalue weighted by molar-refractivity contribution is -0.384. The van der Waals surface area contributed by atoms with E-state index in [1.54, 1.807) is 6.07 Å². The summed E-state index contributed by atoms with van der Waals surface area (Å²) in [5.41, 5.74) is 1.51. The number of nitro groups is 1. The maximum atomic E-state index is 13.2. The van der Waals surface area contributed by atoms with Gasteiger partial charge in [-0.25, -0.2) is 9.18 Å². The first-order valence-electron chi connectivity index (χ1n) is 8.19. The van der Waals surface area contributed by atoms with Gasteiger partial charge in [0, 0.05) is 30.2 Å². The van der Waals surface area contributed by atoms with E-state index in [9.17, 15) is 24.1 Å². The molecule has 0 fully saturated rings. The Morgan fingerprint density at radius 2 is 1.89 bits per heavy atom. The molecule has 0 bridgehead atoms. The summed E-state index contributed by atoms with van der Waals surface area (Å²) < 4.78 is 18.4. The topological polar surface area (TPSA) is 89.7 Å². The molecule has 1 atom stereocenters. The molecule has 0 radical (unpaired) electrons. The second kappa shape index (κ2) is 6.31. The van der Waals surface area contributed by atoms with Gasteiger partial charge >= 0.3 is 5.97 Å². The average molecular weight is 368 g/mol. The Labute approximate surface area is 152 Å². The summed E-state index contributed by atoms with van der Waals surface area (Å²) in [4.78, 5) is 37.0. The van der Waals surface area contributed by atoms with E-state index in [2.05, 4.69) is 0 Å². The van der Waals surface area contributed by atoms with Gasteiger partial charge in [0.25, 0.3) is 5.69 Å². The molecule has 0 aliphatic carbocycles. The molecule has 0 spiro atoms. The van der Waals surface area contributed by atoms with Crippen molar-refractivity contribution in [2.24, 2.45) is 0 Å². The van der Waals surface area contributed by atoms with Gasteiger partial charge in [-0.05, 0) is 29.8 Å². The highest BCUT2D eigenvalue weighted by Crippen LogP contribution is 2.42. The maximum absolute atomic E-state index is 13.2. The summed E-state index contributed by atoms with van der Waals surface area (Å²) in [6, 6.07) is 11.2. The van der Waals surface area contributed by atoms with Crippen molar-refractivity contribution >= 4 is 23.3 Å². The Balaban J connectivity index is 1.81. The second-order valence-corrected chi connectivity index (χ2v) is 6.25. The van der Waals surface area contributed by atoms with Gasteiger partial charge < -0.3 is 4.74 Å². The number of hydrogen-bond acceptors (Lipinski definition) is 5. The van der Waals surface area contributed by atoms with E-state index in [1.165, 1.54) is 47.4 Å². The van der Waals surface area contributed by atoms with Crippen LogP contribution in [0.3, 0.4) is 0 Å². The predicted molar refractivity (Wildman–Crippen MR) is 92.3 cm³/mol. The molecule has 7 nitrogen and oxygen atoms in total. The van der Waals surface area contributed by atoms with Crippen LogP contribution in [0.15, 0.2) is 59.8 Å². The Morgan fingerprint density at radius 1 is 1.15 bits per heavy atom. The number of nitro benzene ring substituents is 1. The smallest absolute Gasteiger partial charge is 0.336 e. The lowest BCUT2D eigenvalue weighted by Crippen LogP contribution is -2.37. The normalized spacial score (nSPS) is 19.1. The van der Waals surface area contributed by atoms with Crippen LogP contribution in [0.5, 0.6) is 0 Å². The van der Waals surface area contributed by atoms with E-state index in [4.69, 9.17) is 4.74 Å². The highest BCUT2D eigenvalue weighted by Gasteiger charge is 2.43. The van der Waals surface area contributed by atoms with Gasteiger partial charge in [0.15, 0.2) is 0 Å². The minimum absolute atomic E-state index is 0.0491. The summed E-state index contributed by atoms with van der Waals surface area (Å²) in [6.45, 7) is -0.0806. The van der Waals surface area contributed by atoms with E-state index < -0.39 is 22.6 Å². The SMILES string of the molecule is O=C1OCC2=C1[C@@H](c1cccc([N+](=O)[O-])c1)CC(=O)N2c1ccc(F)cc1. The van der Waals surface area contributed by atoms with Crippen molar-refractivity contribution in [1.29, 1.82) is 0 Å². The van der Waals surface area contributed by atoms with Crippen LogP contribution >= 0.6 is 0 Å². The zero-order valence-corrected chi connectivity index (χ0v) is 13.9. The van der Waals surface area contributed by atoms with Gasteiger partial charge in [-0.15, -0.1) is 0 Å². The molecule has 2 aromatic rings. The van der Waals surface area contributed by atoms with Crippen molar-refractivity contribution in [2.45, 2.75) is 12.3 Å². The molecule has 0 saturated carbocycles. The monoisotopic (exact) mass is 368 g/mol. The van der Waals surface area contributed by atoms with E-state index in [1.807, 2.05) is 0 Å². The van der Waals surface area contributed by atoms with E-state index in [-0.39, 0.29) is 24.6 Å². The minimum Gasteiger partial charge on any atom is -0.456 e. The number of amides is 1. The van der Waals surface area contributed by atoms with Crippen LogP contribution in [-0.2, 0) is 14.3 Å². The number of rotatable bonds is 3. The number of hydrogen-bond donors (Lipinski definition) is 0. The fourth-order valence-corrected chi connectivity index (χ4v) is 3.48. The largest absolute Gasteiger partial charge is 0.456 e. The van der Waals surface area contributed by atoms with Crippen molar-refractivity contribution in [3.8, 4) is 0 Å². The fourth-order valence-electron chi connectivity index (χ4n) is 3.48. The summed E-state index contributed by atoms with van der Waals surface area (Å²) in [5.74, 6) is -1.92. The average Bonchev–Trinajstić information content (AvgIpc) is 3.04. The van der Waals surface area contributed by atoms with E-state index in [0.717, 1.165) is 0 Å². The molecule has 4 rings (SSSR count). The van der Waals surface area contributed by atoms with Gasteiger partial charge in [0.2, 0.25) is 5.91 Å². The first kappa shape index (κ1) is 16.9. The molecule has 2 aliphatic heterocycles. The molecule has 136 valence electrons.